The van der Waals surface area contributed by atoms with Crippen LogP contribution in [0.25, 0.3) is 0 Å². The topological polar surface area (TPSA) is 20.2 Å². The maximum absolute atomic E-state index is 9.37. The Hall–Kier alpha value is -1.18. The molecule has 2 rings (SSSR count). The minimum Gasteiger partial charge on any atom is -0.506 e. The Morgan fingerprint density at radius 3 is 2.25 bits per heavy atom. The molecule has 0 aliphatic rings. The van der Waals surface area contributed by atoms with Crippen LogP contribution in [0.2, 0.25) is 10.0 Å². The van der Waals surface area contributed by atoms with Crippen molar-refractivity contribution >= 4 is 23.2 Å². The van der Waals surface area contributed by atoms with Gasteiger partial charge in [0.15, 0.2) is 0 Å². The summed E-state index contributed by atoms with van der Waals surface area (Å²) in [5.74, 6) is 0.0171. The molecular formula is C13H10Cl2O. The van der Waals surface area contributed by atoms with Crippen molar-refractivity contribution < 1.29 is 5.11 Å². The second kappa shape index (κ2) is 4.77. The fourth-order valence-electron chi connectivity index (χ4n) is 1.53. The third kappa shape index (κ3) is 2.31. The van der Waals surface area contributed by atoms with Crippen molar-refractivity contribution in [1.82, 2.24) is 0 Å². The van der Waals surface area contributed by atoms with E-state index in [1.54, 1.807) is 12.1 Å². The van der Waals surface area contributed by atoms with Gasteiger partial charge >= 0.3 is 0 Å². The number of hydrogen-bond donors (Lipinski definition) is 1. The van der Waals surface area contributed by atoms with Gasteiger partial charge in [-0.3, -0.25) is 0 Å². The van der Waals surface area contributed by atoms with Crippen LogP contribution >= 0.6 is 23.2 Å². The summed E-state index contributed by atoms with van der Waals surface area (Å²) in [5, 5.41) is 10.0. The van der Waals surface area contributed by atoms with Crippen molar-refractivity contribution in [3.63, 3.8) is 0 Å². The zero-order chi connectivity index (χ0) is 11.5. The van der Waals surface area contributed by atoms with Crippen LogP contribution < -0.4 is 0 Å². The highest BCUT2D eigenvalue weighted by molar-refractivity contribution is 6.43. The Morgan fingerprint density at radius 1 is 0.875 bits per heavy atom. The maximum Gasteiger partial charge on any atom is 0.135 e. The Morgan fingerprint density at radius 2 is 1.56 bits per heavy atom. The first-order chi connectivity index (χ1) is 7.68. The third-order valence-corrected chi connectivity index (χ3v) is 3.29. The summed E-state index contributed by atoms with van der Waals surface area (Å²) in [4.78, 5) is 0. The van der Waals surface area contributed by atoms with Gasteiger partial charge < -0.3 is 5.11 Å². The van der Waals surface area contributed by atoms with E-state index in [1.807, 2.05) is 30.3 Å². The first-order valence-corrected chi connectivity index (χ1v) is 5.64. The van der Waals surface area contributed by atoms with E-state index in [9.17, 15) is 5.11 Å². The molecule has 0 spiro atoms. The highest BCUT2D eigenvalue weighted by atomic mass is 35.5. The van der Waals surface area contributed by atoms with Gasteiger partial charge in [0.05, 0.1) is 5.02 Å². The Labute approximate surface area is 104 Å². The molecule has 0 aromatic heterocycles. The number of benzene rings is 2. The molecule has 2 aromatic carbocycles. The van der Waals surface area contributed by atoms with Crippen LogP contribution in [0.4, 0.5) is 0 Å². The van der Waals surface area contributed by atoms with Gasteiger partial charge in [0, 0.05) is 0 Å². The van der Waals surface area contributed by atoms with Crippen LogP contribution in [0.1, 0.15) is 11.1 Å². The Balaban J connectivity index is 2.33. The van der Waals surface area contributed by atoms with Gasteiger partial charge in [0.2, 0.25) is 0 Å². The van der Waals surface area contributed by atoms with Crippen LogP contribution in [0, 0.1) is 0 Å². The molecular weight excluding hydrogens is 243 g/mol. The van der Waals surface area contributed by atoms with Gasteiger partial charge in [-0.25, -0.2) is 0 Å². The quantitative estimate of drug-likeness (QED) is 0.846. The second-order valence-corrected chi connectivity index (χ2v) is 4.29. The van der Waals surface area contributed by atoms with Gasteiger partial charge in [-0.2, -0.15) is 0 Å². The second-order valence-electron chi connectivity index (χ2n) is 3.53. The molecule has 0 saturated heterocycles. The molecule has 1 nitrogen and oxygen atoms in total. The molecule has 0 atom stereocenters. The molecule has 82 valence electrons. The molecule has 0 radical (unpaired) electrons. The monoisotopic (exact) mass is 252 g/mol. The molecule has 0 unspecified atom stereocenters. The highest BCUT2D eigenvalue weighted by Gasteiger charge is 2.09. The Kier molecular flexibility index (Phi) is 3.37. The molecule has 0 aliphatic heterocycles. The molecule has 16 heavy (non-hydrogen) atoms. The van der Waals surface area contributed by atoms with Crippen molar-refractivity contribution in [3.8, 4) is 5.75 Å². The Bertz CT molecular complexity index is 495. The molecule has 0 bridgehead atoms. The predicted molar refractivity (Wildman–Crippen MR) is 67.4 cm³/mol. The van der Waals surface area contributed by atoms with Crippen LogP contribution in [-0.2, 0) is 6.42 Å². The summed E-state index contributed by atoms with van der Waals surface area (Å²) in [5.41, 5.74) is 2.07. The minimum atomic E-state index is 0.0171. The third-order valence-electron chi connectivity index (χ3n) is 2.38. The molecule has 2 aromatic rings. The zero-order valence-corrected chi connectivity index (χ0v) is 9.96. The molecule has 3 heteroatoms. The molecule has 1 N–H and O–H groups in total. The van der Waals surface area contributed by atoms with E-state index in [0.717, 1.165) is 11.1 Å². The average molecular weight is 253 g/mol. The normalized spacial score (nSPS) is 10.4. The minimum absolute atomic E-state index is 0.0171. The molecule has 0 heterocycles. The fourth-order valence-corrected chi connectivity index (χ4v) is 1.94. The largest absolute Gasteiger partial charge is 0.506 e. The molecule has 0 aliphatic carbocycles. The van der Waals surface area contributed by atoms with E-state index < -0.39 is 0 Å². The van der Waals surface area contributed by atoms with Crippen molar-refractivity contribution in [1.29, 1.82) is 0 Å². The smallest absolute Gasteiger partial charge is 0.135 e. The summed E-state index contributed by atoms with van der Waals surface area (Å²) in [7, 11) is 0. The van der Waals surface area contributed by atoms with E-state index in [4.69, 9.17) is 23.2 Å². The number of rotatable bonds is 2. The van der Waals surface area contributed by atoms with Gasteiger partial charge in [-0.05, 0) is 23.6 Å². The van der Waals surface area contributed by atoms with Crippen LogP contribution in [-0.4, -0.2) is 5.11 Å². The van der Waals surface area contributed by atoms with Gasteiger partial charge in [-0.15, -0.1) is 0 Å². The maximum atomic E-state index is 9.37. The van der Waals surface area contributed by atoms with E-state index in [-0.39, 0.29) is 10.8 Å². The first-order valence-electron chi connectivity index (χ1n) is 4.88. The SMILES string of the molecule is Oc1ccc(Cc2ccccc2)c(Cl)c1Cl. The number of phenols is 1. The average Bonchev–Trinajstić information content (AvgIpc) is 2.31. The lowest BCUT2D eigenvalue weighted by molar-refractivity contribution is 0.475. The number of aromatic hydroxyl groups is 1. The first kappa shape index (κ1) is 11.3. The lowest BCUT2D eigenvalue weighted by Crippen LogP contribution is -1.89. The number of phenolic OH excluding ortho intramolecular Hbond substituents is 1. The van der Waals surface area contributed by atoms with E-state index in [1.165, 1.54) is 0 Å². The lowest BCUT2D eigenvalue weighted by Gasteiger charge is -2.07. The summed E-state index contributed by atoms with van der Waals surface area (Å²) in [6, 6.07) is 13.3. The van der Waals surface area contributed by atoms with Crippen molar-refractivity contribution in [2.75, 3.05) is 0 Å². The summed E-state index contributed by atoms with van der Waals surface area (Å²) < 4.78 is 0. The van der Waals surface area contributed by atoms with Gasteiger partial charge in [-0.1, -0.05) is 59.6 Å². The van der Waals surface area contributed by atoms with Crippen molar-refractivity contribution in [2.24, 2.45) is 0 Å². The van der Waals surface area contributed by atoms with E-state index in [0.29, 0.717) is 11.4 Å². The zero-order valence-electron chi connectivity index (χ0n) is 8.45. The van der Waals surface area contributed by atoms with Gasteiger partial charge in [0.1, 0.15) is 10.8 Å². The summed E-state index contributed by atoms with van der Waals surface area (Å²) in [6.45, 7) is 0. The number of hydrogen-bond acceptors (Lipinski definition) is 1. The van der Waals surface area contributed by atoms with Gasteiger partial charge in [0.25, 0.3) is 0 Å². The van der Waals surface area contributed by atoms with Crippen molar-refractivity contribution in [3.05, 3.63) is 63.6 Å². The van der Waals surface area contributed by atoms with Crippen LogP contribution in [0.5, 0.6) is 5.75 Å². The van der Waals surface area contributed by atoms with Crippen LogP contribution in [0.3, 0.4) is 0 Å². The van der Waals surface area contributed by atoms with Crippen LogP contribution in [0.15, 0.2) is 42.5 Å². The number of halogens is 2. The van der Waals surface area contributed by atoms with E-state index >= 15 is 0 Å². The fraction of sp³-hybridized carbons (Fsp3) is 0.0769. The standard InChI is InChI=1S/C13H10Cl2O/c14-12-10(6-7-11(16)13(12)15)8-9-4-2-1-3-5-9/h1-7,16H,8H2. The lowest BCUT2D eigenvalue weighted by atomic mass is 10.0. The summed E-state index contributed by atoms with van der Waals surface area (Å²) >= 11 is 11.9. The highest BCUT2D eigenvalue weighted by Crippen LogP contribution is 2.34. The van der Waals surface area contributed by atoms with E-state index in [2.05, 4.69) is 0 Å². The molecule has 0 fully saturated rings. The summed E-state index contributed by atoms with van der Waals surface area (Å²) in [6.07, 6.45) is 0.708. The molecule has 0 amide bonds. The molecule has 0 saturated carbocycles. The van der Waals surface area contributed by atoms with Crippen molar-refractivity contribution in [2.45, 2.75) is 6.42 Å². The predicted octanol–water partition coefficient (Wildman–Crippen LogP) is 4.29.